The smallest absolute Gasteiger partial charge is 0.408 e. The summed E-state index contributed by atoms with van der Waals surface area (Å²) in [7, 11) is 1.61. The third kappa shape index (κ3) is 9.45. The Bertz CT molecular complexity index is 1860. The molecule has 0 aliphatic heterocycles. The van der Waals surface area contributed by atoms with Crippen molar-refractivity contribution in [3.63, 3.8) is 0 Å². The zero-order valence-corrected chi connectivity index (χ0v) is 29.4. The van der Waals surface area contributed by atoms with E-state index in [0.29, 0.717) is 24.6 Å². The number of ether oxygens (including phenoxy) is 2. The zero-order chi connectivity index (χ0) is 36.2. The van der Waals surface area contributed by atoms with E-state index in [-0.39, 0.29) is 30.8 Å². The normalized spacial score (nSPS) is 14.2. The molecule has 0 bridgehead atoms. The van der Waals surface area contributed by atoms with Crippen LogP contribution in [0.4, 0.5) is 4.79 Å². The SMILES string of the molecule is CN(C(=O)[C@H](Cc1cnc[nH]1)NC(=O)OCc1ccccc1)[C@@H](Cc1ccc(OCc2ccccc2)cc1)C(=O)NCC1(c2ccccc2)CCC1. The maximum Gasteiger partial charge on any atom is 0.408 e. The number of alkyl carbamates (subject to hydrolysis) is 1. The fraction of sp³-hybridized carbons (Fsp3) is 0.286. The lowest BCUT2D eigenvalue weighted by Crippen LogP contribution is -2.57. The summed E-state index contributed by atoms with van der Waals surface area (Å²) in [5.41, 5.74) is 4.44. The first-order valence-corrected chi connectivity index (χ1v) is 17.7. The van der Waals surface area contributed by atoms with Gasteiger partial charge in [-0.2, -0.15) is 0 Å². The Morgan fingerprint density at radius 3 is 2.04 bits per heavy atom. The van der Waals surface area contributed by atoms with E-state index in [1.807, 2.05) is 103 Å². The fourth-order valence-electron chi connectivity index (χ4n) is 6.55. The molecule has 10 nitrogen and oxygen atoms in total. The number of hydrogen-bond donors (Lipinski definition) is 3. The number of nitrogens with one attached hydrogen (secondary N) is 3. The number of amides is 3. The summed E-state index contributed by atoms with van der Waals surface area (Å²) in [6, 6.07) is 35.2. The van der Waals surface area contributed by atoms with Crippen LogP contribution in [0.15, 0.2) is 128 Å². The highest BCUT2D eigenvalue weighted by Gasteiger charge is 2.40. The molecular weight excluding hydrogens is 654 g/mol. The van der Waals surface area contributed by atoms with Crippen molar-refractivity contribution in [2.24, 2.45) is 0 Å². The van der Waals surface area contributed by atoms with Crippen LogP contribution < -0.4 is 15.4 Å². The molecule has 0 saturated heterocycles. The number of hydrogen-bond acceptors (Lipinski definition) is 6. The number of H-pyrrole nitrogens is 1. The van der Waals surface area contributed by atoms with Gasteiger partial charge in [0.05, 0.1) is 6.33 Å². The van der Waals surface area contributed by atoms with Gasteiger partial charge in [0.2, 0.25) is 11.8 Å². The lowest BCUT2D eigenvalue weighted by molar-refractivity contribution is -0.140. The molecule has 1 saturated carbocycles. The number of imidazole rings is 1. The molecule has 1 aromatic heterocycles. The Kier molecular flexibility index (Phi) is 12.0. The van der Waals surface area contributed by atoms with Gasteiger partial charge in [-0.1, -0.05) is 110 Å². The molecule has 0 radical (unpaired) electrons. The first kappa shape index (κ1) is 35.9. The van der Waals surface area contributed by atoms with Gasteiger partial charge in [0.25, 0.3) is 0 Å². The van der Waals surface area contributed by atoms with Gasteiger partial charge < -0.3 is 30.0 Å². The number of likely N-dealkylation sites (N-methyl/N-ethyl adjacent to an activating group) is 1. The van der Waals surface area contributed by atoms with Crippen molar-refractivity contribution in [3.05, 3.63) is 156 Å². The van der Waals surface area contributed by atoms with Crippen LogP contribution in [0.2, 0.25) is 0 Å². The summed E-state index contributed by atoms with van der Waals surface area (Å²) in [6.07, 6.45) is 5.79. The summed E-state index contributed by atoms with van der Waals surface area (Å²) in [6.45, 7) is 0.944. The van der Waals surface area contributed by atoms with Crippen LogP contribution in [0.5, 0.6) is 5.75 Å². The number of nitrogens with zero attached hydrogens (tertiary/aromatic N) is 2. The van der Waals surface area contributed by atoms with Gasteiger partial charge in [-0.3, -0.25) is 9.59 Å². The molecule has 0 spiro atoms. The van der Waals surface area contributed by atoms with Crippen LogP contribution in [0.3, 0.4) is 0 Å². The lowest BCUT2D eigenvalue weighted by Gasteiger charge is -2.43. The highest BCUT2D eigenvalue weighted by atomic mass is 16.5. The number of benzene rings is 4. The molecule has 1 aliphatic carbocycles. The Morgan fingerprint density at radius 1 is 0.808 bits per heavy atom. The Morgan fingerprint density at radius 2 is 1.44 bits per heavy atom. The maximum absolute atomic E-state index is 14.3. The van der Waals surface area contributed by atoms with Crippen LogP contribution in [0.1, 0.15) is 47.2 Å². The molecule has 3 N–H and O–H groups in total. The van der Waals surface area contributed by atoms with Crippen molar-refractivity contribution in [1.29, 1.82) is 0 Å². The Labute approximate surface area is 304 Å². The number of aromatic amines is 1. The van der Waals surface area contributed by atoms with E-state index in [9.17, 15) is 14.4 Å². The second-order valence-electron chi connectivity index (χ2n) is 13.3. The zero-order valence-electron chi connectivity index (χ0n) is 29.4. The Balaban J connectivity index is 1.19. The molecule has 10 heteroatoms. The van der Waals surface area contributed by atoms with Crippen molar-refractivity contribution in [3.8, 4) is 5.75 Å². The summed E-state index contributed by atoms with van der Waals surface area (Å²) >= 11 is 0. The van der Waals surface area contributed by atoms with Crippen molar-refractivity contribution < 1.29 is 23.9 Å². The monoisotopic (exact) mass is 699 g/mol. The predicted octanol–water partition coefficient (Wildman–Crippen LogP) is 6.13. The number of rotatable bonds is 16. The molecule has 1 aliphatic rings. The molecule has 2 atom stereocenters. The third-order valence-corrected chi connectivity index (χ3v) is 9.80. The van der Waals surface area contributed by atoms with Crippen molar-refractivity contribution in [2.45, 2.75) is 62.8 Å². The van der Waals surface area contributed by atoms with Crippen LogP contribution in [0.25, 0.3) is 0 Å². The molecule has 3 amide bonds. The van der Waals surface area contributed by atoms with Gasteiger partial charge in [0.15, 0.2) is 0 Å². The largest absolute Gasteiger partial charge is 0.489 e. The van der Waals surface area contributed by atoms with E-state index in [2.05, 4.69) is 32.7 Å². The lowest BCUT2D eigenvalue weighted by atomic mass is 9.64. The average molecular weight is 700 g/mol. The van der Waals surface area contributed by atoms with Crippen LogP contribution >= 0.6 is 0 Å². The van der Waals surface area contributed by atoms with Gasteiger partial charge in [-0.25, -0.2) is 9.78 Å². The second-order valence-corrected chi connectivity index (χ2v) is 13.3. The van der Waals surface area contributed by atoms with E-state index in [1.54, 1.807) is 13.2 Å². The number of carbonyl (C=O) groups excluding carboxylic acids is 3. The van der Waals surface area contributed by atoms with Gasteiger partial charge in [-0.05, 0) is 47.2 Å². The minimum absolute atomic E-state index is 0.0483. The van der Waals surface area contributed by atoms with E-state index >= 15 is 0 Å². The maximum atomic E-state index is 14.3. The van der Waals surface area contributed by atoms with E-state index in [0.717, 1.165) is 36.0 Å². The van der Waals surface area contributed by atoms with Gasteiger partial charge in [0.1, 0.15) is 31.0 Å². The van der Waals surface area contributed by atoms with Gasteiger partial charge in [-0.15, -0.1) is 0 Å². The molecule has 0 unspecified atom stereocenters. The van der Waals surface area contributed by atoms with Crippen LogP contribution in [-0.2, 0) is 45.8 Å². The van der Waals surface area contributed by atoms with Crippen LogP contribution in [-0.4, -0.2) is 58.5 Å². The Hall–Kier alpha value is -5.90. The van der Waals surface area contributed by atoms with E-state index < -0.39 is 24.1 Å². The predicted molar refractivity (Wildman–Crippen MR) is 198 cm³/mol. The fourth-order valence-corrected chi connectivity index (χ4v) is 6.55. The summed E-state index contributed by atoms with van der Waals surface area (Å²) < 4.78 is 11.5. The molecule has 6 rings (SSSR count). The first-order chi connectivity index (χ1) is 25.4. The van der Waals surface area contributed by atoms with E-state index in [1.165, 1.54) is 16.8 Å². The van der Waals surface area contributed by atoms with Crippen LogP contribution in [0, 0.1) is 0 Å². The summed E-state index contributed by atoms with van der Waals surface area (Å²) in [5, 5.41) is 5.95. The number of aromatic nitrogens is 2. The molecule has 268 valence electrons. The number of carbonyl (C=O) groups is 3. The second kappa shape index (κ2) is 17.4. The van der Waals surface area contributed by atoms with E-state index in [4.69, 9.17) is 9.47 Å². The highest BCUT2D eigenvalue weighted by molar-refractivity contribution is 5.91. The molecule has 4 aromatic carbocycles. The highest BCUT2D eigenvalue weighted by Crippen LogP contribution is 2.43. The van der Waals surface area contributed by atoms with Gasteiger partial charge in [0, 0.05) is 43.7 Å². The quantitative estimate of drug-likeness (QED) is 0.114. The molecule has 52 heavy (non-hydrogen) atoms. The minimum atomic E-state index is -1.03. The minimum Gasteiger partial charge on any atom is -0.489 e. The molecule has 1 fully saturated rings. The average Bonchev–Trinajstić information content (AvgIpc) is 3.69. The molecule has 1 heterocycles. The summed E-state index contributed by atoms with van der Waals surface area (Å²) in [4.78, 5) is 50.0. The third-order valence-electron chi connectivity index (χ3n) is 9.80. The molecular formula is C42H45N5O5. The van der Waals surface area contributed by atoms with Crippen molar-refractivity contribution in [1.82, 2.24) is 25.5 Å². The van der Waals surface area contributed by atoms with Crippen molar-refractivity contribution in [2.75, 3.05) is 13.6 Å². The molecule has 5 aromatic rings. The van der Waals surface area contributed by atoms with Crippen molar-refractivity contribution >= 4 is 17.9 Å². The standard InChI is InChI=1S/C42H45N5O5/c1-47(40(49)37(25-35-26-43-30-45-35)46-41(50)52-28-33-14-7-3-8-15-33)38(39(48)44-29-42(22-11-23-42)34-16-9-4-10-17-34)24-31-18-20-36(21-19-31)51-27-32-12-5-2-6-13-32/h2-10,12-21,26,30,37-38H,11,22-25,27-29H2,1H3,(H,43,45)(H,44,48)(H,46,50)/t37-,38-/m0/s1. The van der Waals surface area contributed by atoms with Gasteiger partial charge >= 0.3 is 6.09 Å². The topological polar surface area (TPSA) is 126 Å². The first-order valence-electron chi connectivity index (χ1n) is 17.7. The summed E-state index contributed by atoms with van der Waals surface area (Å²) in [5.74, 6) is -0.00398.